The van der Waals surface area contributed by atoms with Gasteiger partial charge in [-0.25, -0.2) is 0 Å². The van der Waals surface area contributed by atoms with Gasteiger partial charge in [-0.3, -0.25) is 4.79 Å². The van der Waals surface area contributed by atoms with Crippen molar-refractivity contribution in [3.8, 4) is 0 Å². The average Bonchev–Trinajstić information content (AvgIpc) is 2.38. The number of hydrogen-bond acceptors (Lipinski definition) is 2. The largest absolute Gasteiger partial charge is 0.416 e. The lowest BCUT2D eigenvalue weighted by atomic mass is 10.1. The second-order valence-corrected chi connectivity index (χ2v) is 5.13. The minimum atomic E-state index is -4.37. The fourth-order valence-corrected chi connectivity index (χ4v) is 2.00. The molecule has 0 unspecified atom stereocenters. The smallest absolute Gasteiger partial charge is 0.396 e. The second-order valence-electron chi connectivity index (χ2n) is 5.13. The van der Waals surface area contributed by atoms with Gasteiger partial charge in [-0.2, -0.15) is 13.2 Å². The Morgan fingerprint density at radius 2 is 1.81 bits per heavy atom. The van der Waals surface area contributed by atoms with Crippen molar-refractivity contribution in [1.82, 2.24) is 4.90 Å². The summed E-state index contributed by atoms with van der Waals surface area (Å²) in [6, 6.07) is 4.60. The highest BCUT2D eigenvalue weighted by molar-refractivity contribution is 5.79. The zero-order valence-corrected chi connectivity index (χ0v) is 12.2. The van der Waals surface area contributed by atoms with Crippen molar-refractivity contribution in [3.63, 3.8) is 0 Å². The van der Waals surface area contributed by atoms with E-state index < -0.39 is 11.7 Å². The maximum absolute atomic E-state index is 12.5. The van der Waals surface area contributed by atoms with Crippen molar-refractivity contribution in [1.29, 1.82) is 0 Å². The normalized spacial score (nSPS) is 11.8. The molecular formula is C15H20F3NO2. The van der Waals surface area contributed by atoms with E-state index >= 15 is 0 Å². The third kappa shape index (κ3) is 5.38. The first-order chi connectivity index (χ1) is 9.75. The molecule has 0 saturated heterocycles. The van der Waals surface area contributed by atoms with E-state index in [2.05, 4.69) is 0 Å². The second kappa shape index (κ2) is 7.45. The van der Waals surface area contributed by atoms with E-state index in [1.807, 2.05) is 13.8 Å². The van der Waals surface area contributed by atoms with Gasteiger partial charge >= 0.3 is 6.18 Å². The number of aliphatic hydroxyl groups is 1. The molecule has 1 aromatic rings. The van der Waals surface area contributed by atoms with E-state index in [0.29, 0.717) is 18.5 Å². The number of aliphatic hydroxyl groups excluding tert-OH is 1. The summed E-state index contributed by atoms with van der Waals surface area (Å²) in [6.45, 7) is 4.16. The van der Waals surface area contributed by atoms with Crippen LogP contribution in [0.2, 0.25) is 0 Å². The first kappa shape index (κ1) is 17.5. The minimum absolute atomic E-state index is 0.00319. The van der Waals surface area contributed by atoms with E-state index in [9.17, 15) is 18.0 Å². The molecule has 1 aromatic carbocycles. The highest BCUT2D eigenvalue weighted by Crippen LogP contribution is 2.29. The molecule has 0 fully saturated rings. The van der Waals surface area contributed by atoms with E-state index in [1.54, 1.807) is 4.90 Å². The number of benzene rings is 1. The van der Waals surface area contributed by atoms with Crippen LogP contribution in [0.4, 0.5) is 13.2 Å². The van der Waals surface area contributed by atoms with E-state index in [-0.39, 0.29) is 25.0 Å². The van der Waals surface area contributed by atoms with E-state index in [0.717, 1.165) is 12.1 Å². The van der Waals surface area contributed by atoms with Crippen LogP contribution in [0.25, 0.3) is 0 Å². The molecule has 0 aliphatic heterocycles. The predicted molar refractivity (Wildman–Crippen MR) is 73.7 cm³/mol. The number of alkyl halides is 3. The van der Waals surface area contributed by atoms with Crippen LogP contribution in [0.1, 0.15) is 31.4 Å². The Labute approximate surface area is 122 Å². The Kier molecular flexibility index (Phi) is 6.20. The SMILES string of the molecule is CC(C)N(CCCO)C(=O)Cc1ccc(C(F)(F)F)cc1. The van der Waals surface area contributed by atoms with Gasteiger partial charge in [0.2, 0.25) is 5.91 Å². The molecule has 1 amide bonds. The van der Waals surface area contributed by atoms with Gasteiger partial charge in [-0.1, -0.05) is 12.1 Å². The summed E-state index contributed by atoms with van der Waals surface area (Å²) >= 11 is 0. The fourth-order valence-electron chi connectivity index (χ4n) is 2.00. The first-order valence-electron chi connectivity index (χ1n) is 6.82. The van der Waals surface area contributed by atoms with Gasteiger partial charge in [0.15, 0.2) is 0 Å². The van der Waals surface area contributed by atoms with Crippen LogP contribution in [0.3, 0.4) is 0 Å². The Morgan fingerprint density at radius 1 is 1.24 bits per heavy atom. The van der Waals surface area contributed by atoms with Gasteiger partial charge in [-0.15, -0.1) is 0 Å². The Bertz CT molecular complexity index is 455. The number of halogens is 3. The van der Waals surface area contributed by atoms with Crippen LogP contribution in [0.5, 0.6) is 0 Å². The molecular weight excluding hydrogens is 283 g/mol. The maximum Gasteiger partial charge on any atom is 0.416 e. The number of carbonyl (C=O) groups is 1. The number of amides is 1. The number of rotatable bonds is 6. The lowest BCUT2D eigenvalue weighted by Crippen LogP contribution is -2.39. The van der Waals surface area contributed by atoms with Crippen molar-refractivity contribution < 1.29 is 23.1 Å². The molecule has 0 heterocycles. The molecule has 3 nitrogen and oxygen atoms in total. The van der Waals surface area contributed by atoms with Gasteiger partial charge < -0.3 is 10.0 Å². The zero-order valence-electron chi connectivity index (χ0n) is 12.2. The van der Waals surface area contributed by atoms with Crippen LogP contribution in [0.15, 0.2) is 24.3 Å². The monoisotopic (exact) mass is 303 g/mol. The van der Waals surface area contributed by atoms with Crippen molar-refractivity contribution in [2.75, 3.05) is 13.2 Å². The molecule has 0 aromatic heterocycles. The molecule has 0 bridgehead atoms. The Hall–Kier alpha value is -1.56. The maximum atomic E-state index is 12.5. The molecule has 1 N–H and O–H groups in total. The first-order valence-corrected chi connectivity index (χ1v) is 6.82. The summed E-state index contributed by atoms with van der Waals surface area (Å²) in [5.41, 5.74) is -0.178. The summed E-state index contributed by atoms with van der Waals surface area (Å²) < 4.78 is 37.4. The number of carbonyl (C=O) groups excluding carboxylic acids is 1. The van der Waals surface area contributed by atoms with Gasteiger partial charge in [-0.05, 0) is 38.0 Å². The highest BCUT2D eigenvalue weighted by Gasteiger charge is 2.30. The molecule has 1 rings (SSSR count). The van der Waals surface area contributed by atoms with E-state index in [1.165, 1.54) is 12.1 Å². The van der Waals surface area contributed by atoms with Crippen molar-refractivity contribution >= 4 is 5.91 Å². The third-order valence-corrected chi connectivity index (χ3v) is 3.14. The van der Waals surface area contributed by atoms with Crippen molar-refractivity contribution in [2.45, 2.75) is 38.9 Å². The summed E-state index contributed by atoms with van der Waals surface area (Å²) in [4.78, 5) is 13.8. The number of nitrogens with zero attached hydrogens (tertiary/aromatic N) is 1. The quantitative estimate of drug-likeness (QED) is 0.878. The van der Waals surface area contributed by atoms with Gasteiger partial charge in [0.1, 0.15) is 0 Å². The molecule has 0 aliphatic carbocycles. The van der Waals surface area contributed by atoms with Crippen LogP contribution in [-0.4, -0.2) is 35.1 Å². The molecule has 21 heavy (non-hydrogen) atoms. The van der Waals surface area contributed by atoms with E-state index in [4.69, 9.17) is 5.11 Å². The summed E-state index contributed by atoms with van der Waals surface area (Å²) in [5.74, 6) is -0.154. The van der Waals surface area contributed by atoms with Crippen LogP contribution >= 0.6 is 0 Å². The predicted octanol–water partition coefficient (Wildman–Crippen LogP) is 2.87. The molecule has 0 spiro atoms. The topological polar surface area (TPSA) is 40.5 Å². The average molecular weight is 303 g/mol. The standard InChI is InChI=1S/C15H20F3NO2/c1-11(2)19(8-3-9-20)14(21)10-12-4-6-13(7-5-12)15(16,17)18/h4-7,11,20H,3,8-10H2,1-2H3. The van der Waals surface area contributed by atoms with Crippen LogP contribution in [-0.2, 0) is 17.4 Å². The van der Waals surface area contributed by atoms with Crippen LogP contribution in [0, 0.1) is 0 Å². The Balaban J connectivity index is 2.72. The lowest BCUT2D eigenvalue weighted by Gasteiger charge is -2.26. The zero-order chi connectivity index (χ0) is 16.0. The molecule has 6 heteroatoms. The van der Waals surface area contributed by atoms with Gasteiger partial charge in [0.25, 0.3) is 0 Å². The fraction of sp³-hybridized carbons (Fsp3) is 0.533. The van der Waals surface area contributed by atoms with Gasteiger partial charge in [0.05, 0.1) is 12.0 Å². The Morgan fingerprint density at radius 3 is 2.24 bits per heavy atom. The highest BCUT2D eigenvalue weighted by atomic mass is 19.4. The summed E-state index contributed by atoms with van der Waals surface area (Å²) in [5, 5.41) is 8.83. The molecule has 118 valence electrons. The summed E-state index contributed by atoms with van der Waals surface area (Å²) in [6.07, 6.45) is -3.83. The lowest BCUT2D eigenvalue weighted by molar-refractivity contribution is -0.137. The third-order valence-electron chi connectivity index (χ3n) is 3.14. The molecule has 0 atom stereocenters. The van der Waals surface area contributed by atoms with Crippen molar-refractivity contribution in [2.24, 2.45) is 0 Å². The van der Waals surface area contributed by atoms with Gasteiger partial charge in [0, 0.05) is 19.2 Å². The van der Waals surface area contributed by atoms with Crippen LogP contribution < -0.4 is 0 Å². The molecule has 0 radical (unpaired) electrons. The number of hydrogen-bond donors (Lipinski definition) is 1. The minimum Gasteiger partial charge on any atom is -0.396 e. The molecule has 0 aliphatic rings. The molecule has 0 saturated carbocycles. The summed E-state index contributed by atoms with van der Waals surface area (Å²) in [7, 11) is 0. The van der Waals surface area contributed by atoms with Crippen molar-refractivity contribution in [3.05, 3.63) is 35.4 Å².